The molecule has 19 heteroatoms. The lowest BCUT2D eigenvalue weighted by atomic mass is 9.95. The van der Waals surface area contributed by atoms with Crippen LogP contribution in [0.2, 0.25) is 0 Å². The molecule has 0 aliphatic rings. The van der Waals surface area contributed by atoms with E-state index in [-0.39, 0.29) is 67.9 Å². The minimum atomic E-state index is -5.29. The van der Waals surface area contributed by atoms with E-state index in [1.165, 1.54) is 57.7 Å². The molecule has 0 saturated heterocycles. The van der Waals surface area contributed by atoms with E-state index in [0.29, 0.717) is 57.4 Å². The van der Waals surface area contributed by atoms with Crippen LogP contribution in [0.3, 0.4) is 0 Å². The molecule has 0 aliphatic heterocycles. The first kappa shape index (κ1) is 48.9. The smallest absolute Gasteiger partial charge is 0.309 e. The van der Waals surface area contributed by atoms with Crippen LogP contribution in [0.4, 0.5) is 65.9 Å². The number of aromatic nitrogens is 2. The van der Waals surface area contributed by atoms with E-state index in [4.69, 9.17) is 0 Å². The molecule has 2 aromatic heterocycles. The summed E-state index contributed by atoms with van der Waals surface area (Å²) in [5.74, 6) is 0. The summed E-state index contributed by atoms with van der Waals surface area (Å²) < 4.78 is 217. The number of nitrogens with zero attached hydrogens (tertiary/aromatic N) is 4. The molecule has 0 bridgehead atoms. The van der Waals surface area contributed by atoms with Crippen molar-refractivity contribution in [3.63, 3.8) is 0 Å². The van der Waals surface area contributed by atoms with Gasteiger partial charge in [0.25, 0.3) is 0 Å². The Morgan fingerprint density at radius 1 is 0.324 bits per heavy atom. The predicted octanol–water partition coefficient (Wildman–Crippen LogP) is 17.7. The molecule has 0 spiro atoms. The van der Waals surface area contributed by atoms with Gasteiger partial charge in [0, 0.05) is 27.1 Å². The zero-order valence-corrected chi connectivity index (χ0v) is 36.9. The molecule has 0 radical (unpaired) electrons. The van der Waals surface area contributed by atoms with Crippen molar-refractivity contribution >= 4 is 43.6 Å². The second-order valence-corrected chi connectivity index (χ2v) is 17.1. The van der Waals surface area contributed by atoms with Gasteiger partial charge in [-0.3, -0.25) is 0 Å². The third kappa shape index (κ3) is 8.37. The van der Waals surface area contributed by atoms with Crippen molar-refractivity contribution in [2.24, 2.45) is 0 Å². The molecule has 10 aromatic rings. The molecule has 0 N–H and O–H groups in total. The molecule has 0 aliphatic carbocycles. The summed E-state index contributed by atoms with van der Waals surface area (Å²) in [5, 5.41) is 22.7. The molecule has 74 heavy (non-hydrogen) atoms. The summed E-state index contributed by atoms with van der Waals surface area (Å²) in [6.07, 6.45) is -25.9. The van der Waals surface area contributed by atoms with E-state index >= 15 is 0 Å². The van der Waals surface area contributed by atoms with Gasteiger partial charge in [-0.25, -0.2) is 0 Å². The lowest BCUT2D eigenvalue weighted by Gasteiger charge is -2.20. The maximum absolute atomic E-state index is 14.7. The third-order valence-corrected chi connectivity index (χ3v) is 12.7. The molecule has 0 fully saturated rings. The first-order valence-corrected chi connectivity index (χ1v) is 21.6. The van der Waals surface area contributed by atoms with E-state index < -0.39 is 75.4 Å². The third-order valence-electron chi connectivity index (χ3n) is 12.7. The fourth-order valence-electron chi connectivity index (χ4n) is 9.49. The van der Waals surface area contributed by atoms with Crippen LogP contribution in [0.15, 0.2) is 152 Å². The number of benzene rings is 8. The number of para-hydroxylation sites is 2. The highest BCUT2D eigenvalue weighted by atomic mass is 19.4. The molecule has 10 rings (SSSR count). The Morgan fingerprint density at radius 2 is 0.770 bits per heavy atom. The van der Waals surface area contributed by atoms with Gasteiger partial charge in [0.15, 0.2) is 0 Å². The van der Waals surface area contributed by atoms with Crippen molar-refractivity contribution < 1.29 is 65.9 Å². The lowest BCUT2D eigenvalue weighted by molar-refractivity contribution is -0.144. The molecule has 370 valence electrons. The molecule has 8 aromatic carbocycles. The van der Waals surface area contributed by atoms with Crippen LogP contribution in [-0.4, -0.2) is 9.13 Å². The van der Waals surface area contributed by atoms with Crippen molar-refractivity contribution in [2.45, 2.75) is 30.9 Å². The van der Waals surface area contributed by atoms with Gasteiger partial charge < -0.3 is 9.13 Å². The average Bonchev–Trinajstić information content (AvgIpc) is 3.86. The summed E-state index contributed by atoms with van der Waals surface area (Å²) in [6, 6.07) is 31.7. The van der Waals surface area contributed by atoms with Crippen molar-refractivity contribution in [3.8, 4) is 56.9 Å². The van der Waals surface area contributed by atoms with Crippen molar-refractivity contribution in [1.29, 1.82) is 10.5 Å². The fraction of sp³-hybridized carbons (Fsp3) is 0.0909. The Hall–Kier alpha value is -8.71. The van der Waals surface area contributed by atoms with E-state index in [2.05, 4.69) is 6.07 Å². The lowest BCUT2D eigenvalue weighted by Crippen LogP contribution is -2.12. The topological polar surface area (TPSA) is 57.4 Å². The number of rotatable bonds is 5. The van der Waals surface area contributed by atoms with Gasteiger partial charge in [-0.05, 0) is 107 Å². The summed E-state index contributed by atoms with van der Waals surface area (Å²) in [6.45, 7) is 0. The van der Waals surface area contributed by atoms with Crippen molar-refractivity contribution in [1.82, 2.24) is 9.13 Å². The summed E-state index contributed by atoms with van der Waals surface area (Å²) in [5.41, 5.74) is -9.93. The maximum atomic E-state index is 14.7. The van der Waals surface area contributed by atoms with E-state index in [1.807, 2.05) is 0 Å². The monoisotopic (exact) mass is 1030 g/mol. The Bertz CT molecular complexity index is 4040. The number of halogens is 15. The summed E-state index contributed by atoms with van der Waals surface area (Å²) in [7, 11) is 0. The fourth-order valence-corrected chi connectivity index (χ4v) is 9.49. The average molecular weight is 1030 g/mol. The molecular formula is C55H25F15N4. The van der Waals surface area contributed by atoms with Crippen LogP contribution in [-0.2, 0) is 30.9 Å². The van der Waals surface area contributed by atoms with Crippen molar-refractivity contribution in [2.75, 3.05) is 0 Å². The first-order chi connectivity index (χ1) is 34.8. The zero-order chi connectivity index (χ0) is 53.0. The molecule has 4 nitrogen and oxygen atoms in total. The van der Waals surface area contributed by atoms with Gasteiger partial charge in [0.2, 0.25) is 0 Å². The van der Waals surface area contributed by atoms with Crippen LogP contribution in [0.1, 0.15) is 38.9 Å². The van der Waals surface area contributed by atoms with Crippen LogP contribution >= 0.6 is 0 Å². The Balaban J connectivity index is 1.31. The highest BCUT2D eigenvalue weighted by Crippen LogP contribution is 2.47. The van der Waals surface area contributed by atoms with Crippen LogP contribution < -0.4 is 0 Å². The molecular weight excluding hydrogens is 1000 g/mol. The minimum Gasteiger partial charge on any atom is -0.309 e. The van der Waals surface area contributed by atoms with Crippen LogP contribution in [0.5, 0.6) is 0 Å². The van der Waals surface area contributed by atoms with Crippen molar-refractivity contribution in [3.05, 3.63) is 191 Å². The Kier molecular flexibility index (Phi) is 11.2. The highest BCUT2D eigenvalue weighted by molar-refractivity contribution is 6.12. The van der Waals surface area contributed by atoms with E-state index in [1.54, 1.807) is 54.6 Å². The SMILES string of the molecule is N#Cc1cc(-c2cc(-n3c4ccccc4c4ccc(-c5ccc(C(F)(F)F)cc5C(F)(F)F)cc43)c(C#N)cc2-n2c3ccccc3c3ccc(-c4ccc(C(F)(F)F)cc4C(F)(F)F)cc32)cc(C(F)(F)F)c1. The standard InChI is InChI=1S/C55H25F15N4/c56-51(57,58)33-11-15-36(43(23-33)54(65,66)67)29-9-13-40-38-5-1-3-7-45(38)73(48(40)20-29)47-25-42(31-17-28(26-71)18-35(19-31)53(62,63)64)50(22-32(47)27-72)74-46-8-4-2-6-39(46)41-14-10-30(21-49(41)74)37-16-12-34(52(59,60)61)24-44(37)55(68,69)70/h1-25H. The number of alkyl halides is 15. The Morgan fingerprint density at radius 3 is 1.20 bits per heavy atom. The number of nitriles is 2. The minimum absolute atomic E-state index is 0.0190. The van der Waals surface area contributed by atoms with Gasteiger partial charge in [0.05, 0.1) is 78.5 Å². The van der Waals surface area contributed by atoms with E-state index in [9.17, 15) is 76.4 Å². The zero-order valence-electron chi connectivity index (χ0n) is 36.9. The second kappa shape index (κ2) is 16.9. The molecule has 2 heterocycles. The van der Waals surface area contributed by atoms with E-state index in [0.717, 1.165) is 12.1 Å². The number of hydrogen-bond acceptors (Lipinski definition) is 2. The molecule has 0 saturated carbocycles. The normalized spacial score (nSPS) is 12.8. The molecule has 0 atom stereocenters. The van der Waals surface area contributed by atoms with Gasteiger partial charge >= 0.3 is 30.9 Å². The number of fused-ring (bicyclic) bond motifs is 6. The first-order valence-electron chi connectivity index (χ1n) is 21.6. The predicted molar refractivity (Wildman–Crippen MR) is 246 cm³/mol. The maximum Gasteiger partial charge on any atom is 0.417 e. The highest BCUT2D eigenvalue weighted by Gasteiger charge is 2.40. The van der Waals surface area contributed by atoms with Crippen LogP contribution in [0.25, 0.3) is 88.4 Å². The number of hydrogen-bond donors (Lipinski definition) is 0. The Labute approximate surface area is 406 Å². The van der Waals surface area contributed by atoms with Gasteiger partial charge in [-0.2, -0.15) is 76.4 Å². The second-order valence-electron chi connectivity index (χ2n) is 17.1. The summed E-state index contributed by atoms with van der Waals surface area (Å²) >= 11 is 0. The quantitative estimate of drug-likeness (QED) is 0.161. The summed E-state index contributed by atoms with van der Waals surface area (Å²) in [4.78, 5) is 0. The molecule has 0 unspecified atom stereocenters. The van der Waals surface area contributed by atoms with Crippen LogP contribution in [0, 0.1) is 22.7 Å². The van der Waals surface area contributed by atoms with Gasteiger partial charge in [0.1, 0.15) is 6.07 Å². The van der Waals surface area contributed by atoms with Gasteiger partial charge in [-0.1, -0.05) is 72.8 Å². The largest absolute Gasteiger partial charge is 0.417 e. The van der Waals surface area contributed by atoms with Gasteiger partial charge in [-0.15, -0.1) is 0 Å². The molecule has 0 amide bonds.